The number of carboxylic acids is 2. The summed E-state index contributed by atoms with van der Waals surface area (Å²) in [6.07, 6.45) is 0.899. The second kappa shape index (κ2) is 16.7. The fraction of sp³-hybridized carbons (Fsp3) is 0.833. The van der Waals surface area contributed by atoms with Gasteiger partial charge in [0.15, 0.2) is 23.4 Å². The van der Waals surface area contributed by atoms with Crippen molar-refractivity contribution >= 4 is 28.0 Å². The van der Waals surface area contributed by atoms with Crippen LogP contribution in [-0.4, -0.2) is 69.1 Å². The third kappa shape index (κ3) is 13.1. The first-order chi connectivity index (χ1) is 13.0. The second-order valence-corrected chi connectivity index (χ2v) is 8.00. The van der Waals surface area contributed by atoms with Crippen molar-refractivity contribution < 1.29 is 49.1 Å². The van der Waals surface area contributed by atoms with Gasteiger partial charge in [0, 0.05) is 13.1 Å². The molecule has 0 aliphatic heterocycles. The third-order valence-corrected chi connectivity index (χ3v) is 5.76. The lowest BCUT2D eigenvalue weighted by atomic mass is 10.1. The first-order valence-electron chi connectivity index (χ1n) is 7.98. The molecule has 28 heavy (non-hydrogen) atoms. The van der Waals surface area contributed by atoms with Crippen LogP contribution in [0.15, 0.2) is 0 Å². The monoisotopic (exact) mass is 448 g/mol. The molecular weight excluding hydrogens is 422 g/mol. The number of carboxylic acid groups (broad SMARTS) is 2. The maximum atomic E-state index is 10.7. The molecule has 16 heteroatoms. The molecule has 0 saturated heterocycles. The topological polar surface area (TPSA) is 271 Å². The predicted octanol–water partition coefficient (Wildman–Crippen LogP) is -2.74. The van der Waals surface area contributed by atoms with E-state index in [-0.39, 0.29) is 25.9 Å². The Kier molecular flexibility index (Phi) is 17.4. The van der Waals surface area contributed by atoms with E-state index in [9.17, 15) is 28.5 Å². The van der Waals surface area contributed by atoms with Crippen LogP contribution in [0.3, 0.4) is 0 Å². The Hall–Kier alpha value is -1.18. The molecule has 0 radical (unpaired) electrons. The molecule has 0 aromatic heterocycles. The summed E-state index contributed by atoms with van der Waals surface area (Å²) in [6.45, 7) is 0.401. The highest BCUT2D eigenvalue weighted by atomic mass is 31.1. The van der Waals surface area contributed by atoms with Crippen LogP contribution in [0, 0.1) is 0 Å². The average Bonchev–Trinajstić information content (AvgIpc) is 2.61. The van der Waals surface area contributed by atoms with E-state index < -0.39 is 51.4 Å². The molecule has 14 nitrogen and oxygen atoms in total. The number of rotatable bonds is 14. The van der Waals surface area contributed by atoms with Crippen molar-refractivity contribution in [2.24, 2.45) is 11.5 Å². The van der Waals surface area contributed by atoms with Crippen LogP contribution in [0.4, 0.5) is 0 Å². The molecule has 0 heterocycles. The molecule has 0 spiro atoms. The van der Waals surface area contributed by atoms with Crippen LogP contribution < -0.4 is 32.2 Å². The minimum absolute atomic E-state index is 0.111. The number of aliphatic carboxylic acids is 2. The zero-order valence-electron chi connectivity index (χ0n) is 14.8. The highest BCUT2D eigenvalue weighted by molar-refractivity contribution is 7.37. The minimum atomic E-state index is -2.87. The number of hydrogen-bond donors (Lipinski definition) is 8. The van der Waals surface area contributed by atoms with Crippen LogP contribution in [-0.2, 0) is 18.7 Å². The van der Waals surface area contributed by atoms with Gasteiger partial charge < -0.3 is 41.9 Å². The zero-order chi connectivity index (χ0) is 22.3. The second-order valence-electron chi connectivity index (χ2n) is 5.53. The van der Waals surface area contributed by atoms with Crippen molar-refractivity contribution in [1.82, 2.24) is 11.0 Å². The molecule has 0 aliphatic rings. The van der Waals surface area contributed by atoms with Gasteiger partial charge in [-0.25, -0.2) is 11.0 Å². The molecule has 0 aromatic carbocycles. The van der Waals surface area contributed by atoms with Gasteiger partial charge in [-0.15, -0.1) is 0 Å². The van der Waals surface area contributed by atoms with Gasteiger partial charge in [0.2, 0.25) is 0 Å². The van der Waals surface area contributed by atoms with Gasteiger partial charge >= 0.3 is 28.0 Å². The van der Waals surface area contributed by atoms with Gasteiger partial charge in [0.1, 0.15) is 0 Å². The van der Waals surface area contributed by atoms with E-state index in [2.05, 4.69) is 0 Å². The van der Waals surface area contributed by atoms with E-state index >= 15 is 0 Å². The fourth-order valence-corrected chi connectivity index (χ4v) is 3.51. The summed E-state index contributed by atoms with van der Waals surface area (Å²) in [6, 6.07) is -2.82. The first-order valence-corrected chi connectivity index (χ1v) is 10.5. The Bertz CT molecular complexity index is 469. The summed E-state index contributed by atoms with van der Waals surface area (Å²) < 4.78 is 21.3. The normalized spacial score (nSPS) is 16.1. The molecule has 164 valence electrons. The van der Waals surface area contributed by atoms with E-state index in [1.165, 1.54) is 0 Å². The van der Waals surface area contributed by atoms with E-state index in [1.54, 1.807) is 0 Å². The van der Waals surface area contributed by atoms with E-state index in [0.29, 0.717) is 12.8 Å². The van der Waals surface area contributed by atoms with Crippen molar-refractivity contribution in [3.8, 4) is 0 Å². The Morgan fingerprint density at radius 3 is 1.29 bits per heavy atom. The SMILES string of the molecule is N[C@H](C(=O)O)C(CCCNO)[P+](=O)[O-].N[C@H](C(=O)O)C(CCCNO)[P+](=O)[O-]. The zero-order valence-corrected chi connectivity index (χ0v) is 16.6. The summed E-state index contributed by atoms with van der Waals surface area (Å²) in [7, 11) is -5.74. The van der Waals surface area contributed by atoms with Crippen LogP contribution in [0.25, 0.3) is 0 Å². The van der Waals surface area contributed by atoms with Crippen LogP contribution in [0.2, 0.25) is 0 Å². The van der Waals surface area contributed by atoms with Crippen molar-refractivity contribution in [3.05, 3.63) is 0 Å². The number of nitrogens with one attached hydrogen (secondary N) is 2. The van der Waals surface area contributed by atoms with Crippen LogP contribution >= 0.6 is 16.1 Å². The standard InChI is InChI=1S/2C6H13N2O5P/c2*7-5(6(9)10)4(14(12)13)2-1-3-8-11/h2*4-5,8,11H,1-3,7H2,(H,9,10)/t2*4?,5-/m00/s1. The van der Waals surface area contributed by atoms with Crippen molar-refractivity contribution in [2.45, 2.75) is 49.1 Å². The summed E-state index contributed by atoms with van der Waals surface area (Å²) in [5.74, 6) is -2.68. The highest BCUT2D eigenvalue weighted by Gasteiger charge is 2.34. The molecule has 0 aromatic rings. The van der Waals surface area contributed by atoms with Crippen molar-refractivity contribution in [3.63, 3.8) is 0 Å². The van der Waals surface area contributed by atoms with Gasteiger partial charge in [-0.1, -0.05) is 9.13 Å². The first kappa shape index (κ1) is 29.0. The van der Waals surface area contributed by atoms with Gasteiger partial charge in [-0.2, -0.15) is 0 Å². The van der Waals surface area contributed by atoms with Gasteiger partial charge in [-0.3, -0.25) is 9.59 Å². The predicted molar refractivity (Wildman–Crippen MR) is 92.1 cm³/mol. The van der Waals surface area contributed by atoms with E-state index in [1.807, 2.05) is 11.0 Å². The number of nitrogens with two attached hydrogens (primary N) is 2. The van der Waals surface area contributed by atoms with Crippen molar-refractivity contribution in [2.75, 3.05) is 13.1 Å². The lowest BCUT2D eigenvalue weighted by molar-refractivity contribution is -0.168. The Labute approximate surface area is 162 Å². The molecule has 0 amide bonds. The smallest absolute Gasteiger partial charge is 0.325 e. The maximum Gasteiger partial charge on any atom is 0.325 e. The lowest BCUT2D eigenvalue weighted by Gasteiger charge is -2.12. The minimum Gasteiger partial charge on any atom is -0.595 e. The van der Waals surface area contributed by atoms with Crippen LogP contribution in [0.1, 0.15) is 25.7 Å². The molecule has 0 bridgehead atoms. The highest BCUT2D eigenvalue weighted by Crippen LogP contribution is 2.25. The van der Waals surface area contributed by atoms with Gasteiger partial charge in [-0.05, 0) is 25.7 Å². The van der Waals surface area contributed by atoms with Crippen molar-refractivity contribution in [1.29, 1.82) is 0 Å². The summed E-state index contributed by atoms with van der Waals surface area (Å²) >= 11 is 0. The molecule has 0 aliphatic carbocycles. The molecule has 0 fully saturated rings. The quantitative estimate of drug-likeness (QED) is 0.0760. The number of carbonyl (C=O) groups is 2. The van der Waals surface area contributed by atoms with E-state index in [0.717, 1.165) is 0 Å². The largest absolute Gasteiger partial charge is 0.595 e. The Balaban J connectivity index is 0. The van der Waals surface area contributed by atoms with Gasteiger partial charge in [0.25, 0.3) is 0 Å². The summed E-state index contributed by atoms with van der Waals surface area (Å²) in [4.78, 5) is 42.1. The lowest BCUT2D eigenvalue weighted by Crippen LogP contribution is -2.41. The van der Waals surface area contributed by atoms with E-state index in [4.69, 9.17) is 32.1 Å². The fourth-order valence-electron chi connectivity index (χ4n) is 1.94. The summed E-state index contributed by atoms with van der Waals surface area (Å²) in [5.41, 5.74) is 11.9. The molecule has 4 unspecified atom stereocenters. The third-order valence-electron chi connectivity index (χ3n) is 3.52. The number of hydroxylamine groups is 2. The molecule has 10 N–H and O–H groups in total. The van der Waals surface area contributed by atoms with Gasteiger partial charge in [0.05, 0.1) is 0 Å². The molecule has 6 atom stereocenters. The molecule has 0 rings (SSSR count). The average molecular weight is 448 g/mol. The van der Waals surface area contributed by atoms with Crippen LogP contribution in [0.5, 0.6) is 0 Å². The Morgan fingerprint density at radius 1 is 0.821 bits per heavy atom. The Morgan fingerprint density at radius 2 is 1.11 bits per heavy atom. The maximum absolute atomic E-state index is 10.7. The number of hydrogen-bond acceptors (Lipinski definition) is 12. The molecular formula is C12H26N4O10P2. The molecule has 0 saturated carbocycles. The summed E-state index contributed by atoms with van der Waals surface area (Å²) in [5, 5.41) is 33.4.